The molecule has 0 aromatic rings. The van der Waals surface area contributed by atoms with Crippen LogP contribution < -0.4 is 0 Å². The summed E-state index contributed by atoms with van der Waals surface area (Å²) in [6.07, 6.45) is -10.1. The van der Waals surface area contributed by atoms with Crippen LogP contribution in [-0.2, 0) is 13.3 Å². The molecule has 0 aromatic heterocycles. The third-order valence-corrected chi connectivity index (χ3v) is 4.50. The Morgan fingerprint density at radius 3 is 1.38 bits per heavy atom. The molecule has 0 amide bonds. The summed E-state index contributed by atoms with van der Waals surface area (Å²) in [6, 6.07) is 0. The Labute approximate surface area is 88.6 Å². The summed E-state index contributed by atoms with van der Waals surface area (Å²) in [6.45, 7) is 0. The number of rotatable bonds is 5. The van der Waals surface area contributed by atoms with Crippen molar-refractivity contribution in [2.24, 2.45) is 0 Å². The van der Waals surface area contributed by atoms with Gasteiger partial charge in [0.25, 0.3) is 6.17 Å². The highest BCUT2D eigenvalue weighted by molar-refractivity contribution is 6.63. The average Bonchev–Trinajstić information content (AvgIpc) is 2.18. The standard InChI is InChI=1S/C6H10F6O3Si/c1-13-16(14-2,15-3)6(11,12)4(7)5(8,9)10/h4H,1-3H3. The number of halogens is 6. The average molecular weight is 272 g/mol. The Morgan fingerprint density at radius 2 is 1.19 bits per heavy atom. The van der Waals surface area contributed by atoms with Gasteiger partial charge in [0, 0.05) is 21.3 Å². The second-order valence-corrected chi connectivity index (χ2v) is 5.70. The van der Waals surface area contributed by atoms with Gasteiger partial charge in [0.05, 0.1) is 0 Å². The molecule has 0 aliphatic rings. The topological polar surface area (TPSA) is 27.7 Å². The minimum Gasteiger partial charge on any atom is -0.373 e. The lowest BCUT2D eigenvalue weighted by atomic mass is 10.4. The van der Waals surface area contributed by atoms with E-state index in [-0.39, 0.29) is 0 Å². The van der Waals surface area contributed by atoms with Crippen molar-refractivity contribution in [1.29, 1.82) is 0 Å². The van der Waals surface area contributed by atoms with Crippen molar-refractivity contribution in [3.8, 4) is 0 Å². The predicted octanol–water partition coefficient (Wildman–Crippen LogP) is 1.94. The fourth-order valence-electron chi connectivity index (χ4n) is 1.02. The van der Waals surface area contributed by atoms with Crippen LogP contribution >= 0.6 is 0 Å². The monoisotopic (exact) mass is 272 g/mol. The zero-order chi connectivity index (χ0) is 13.2. The fourth-order valence-corrected chi connectivity index (χ4v) is 2.81. The molecule has 0 bridgehead atoms. The molecular weight excluding hydrogens is 262 g/mol. The second kappa shape index (κ2) is 4.90. The Balaban J connectivity index is 5.29. The van der Waals surface area contributed by atoms with Crippen molar-refractivity contribution in [3.63, 3.8) is 0 Å². The molecule has 3 nitrogen and oxygen atoms in total. The van der Waals surface area contributed by atoms with E-state index in [2.05, 4.69) is 13.3 Å². The highest BCUT2D eigenvalue weighted by Crippen LogP contribution is 2.41. The van der Waals surface area contributed by atoms with Gasteiger partial charge in [-0.25, -0.2) is 4.39 Å². The Morgan fingerprint density at radius 1 is 0.875 bits per heavy atom. The van der Waals surface area contributed by atoms with Gasteiger partial charge in [-0.1, -0.05) is 0 Å². The van der Waals surface area contributed by atoms with Crippen molar-refractivity contribution in [3.05, 3.63) is 0 Å². The van der Waals surface area contributed by atoms with E-state index in [1.165, 1.54) is 0 Å². The molecule has 1 atom stereocenters. The normalized spacial score (nSPS) is 16.3. The van der Waals surface area contributed by atoms with Crippen LogP contribution in [0.3, 0.4) is 0 Å². The number of hydrogen-bond acceptors (Lipinski definition) is 3. The summed E-state index contributed by atoms with van der Waals surface area (Å²) < 4.78 is 87.1. The van der Waals surface area contributed by atoms with Gasteiger partial charge < -0.3 is 13.3 Å². The van der Waals surface area contributed by atoms with Crippen molar-refractivity contribution in [2.75, 3.05) is 21.3 Å². The van der Waals surface area contributed by atoms with Gasteiger partial charge in [-0.2, -0.15) is 22.0 Å². The van der Waals surface area contributed by atoms with Gasteiger partial charge in [0.15, 0.2) is 0 Å². The van der Waals surface area contributed by atoms with Gasteiger partial charge >= 0.3 is 20.5 Å². The molecule has 10 heteroatoms. The second-order valence-electron chi connectivity index (χ2n) is 2.70. The molecule has 0 fully saturated rings. The van der Waals surface area contributed by atoms with E-state index in [0.717, 1.165) is 0 Å². The van der Waals surface area contributed by atoms with Gasteiger partial charge in [0.2, 0.25) is 0 Å². The molecule has 0 radical (unpaired) electrons. The quantitative estimate of drug-likeness (QED) is 0.565. The SMILES string of the molecule is CO[Si](OC)(OC)C(F)(F)C(F)C(F)(F)F. The van der Waals surface area contributed by atoms with E-state index < -0.39 is 26.7 Å². The van der Waals surface area contributed by atoms with Crippen LogP contribution in [-0.4, -0.2) is 48.0 Å². The van der Waals surface area contributed by atoms with E-state index in [9.17, 15) is 26.3 Å². The van der Waals surface area contributed by atoms with Gasteiger partial charge in [-0.05, 0) is 0 Å². The predicted molar refractivity (Wildman–Crippen MR) is 42.7 cm³/mol. The molecule has 0 spiro atoms. The first-order valence-corrected chi connectivity index (χ1v) is 5.55. The molecule has 0 aromatic carbocycles. The summed E-state index contributed by atoms with van der Waals surface area (Å²) in [5.74, 6) is 0. The van der Waals surface area contributed by atoms with Crippen LogP contribution in [0.4, 0.5) is 26.3 Å². The first-order chi connectivity index (χ1) is 7.09. The fraction of sp³-hybridized carbons (Fsp3) is 1.00. The molecule has 0 N–H and O–H groups in total. The molecule has 0 saturated heterocycles. The van der Waals surface area contributed by atoms with Crippen LogP contribution in [0, 0.1) is 0 Å². The molecule has 0 heterocycles. The summed E-state index contributed by atoms with van der Waals surface area (Å²) in [5, 5.41) is 0. The third-order valence-electron chi connectivity index (χ3n) is 1.82. The molecule has 98 valence electrons. The van der Waals surface area contributed by atoms with Crippen molar-refractivity contribution < 1.29 is 39.6 Å². The molecule has 0 aliphatic carbocycles. The maximum absolute atomic E-state index is 13.2. The third kappa shape index (κ3) is 2.50. The van der Waals surface area contributed by atoms with Crippen LogP contribution in [0.2, 0.25) is 0 Å². The summed E-state index contributed by atoms with van der Waals surface area (Å²) in [7, 11) is -3.06. The Bertz CT molecular complexity index is 221. The van der Waals surface area contributed by atoms with Crippen LogP contribution in [0.15, 0.2) is 0 Å². The maximum atomic E-state index is 13.2. The first kappa shape index (κ1) is 15.7. The molecule has 1 unspecified atom stereocenters. The van der Waals surface area contributed by atoms with Crippen molar-refractivity contribution in [2.45, 2.75) is 17.9 Å². The van der Waals surface area contributed by atoms with E-state index >= 15 is 0 Å². The molecule has 0 rings (SSSR count). The smallest absolute Gasteiger partial charge is 0.373 e. The minimum atomic E-state index is -5.72. The Kier molecular flexibility index (Phi) is 4.80. The lowest BCUT2D eigenvalue weighted by Crippen LogP contribution is -2.66. The largest absolute Gasteiger partial charge is 0.577 e. The number of alkyl halides is 6. The van der Waals surface area contributed by atoms with Crippen LogP contribution in [0.25, 0.3) is 0 Å². The molecule has 16 heavy (non-hydrogen) atoms. The number of hydrogen-bond donors (Lipinski definition) is 0. The summed E-state index contributed by atoms with van der Waals surface area (Å²) >= 11 is 0. The molecule has 0 saturated carbocycles. The van der Waals surface area contributed by atoms with Crippen LogP contribution in [0.1, 0.15) is 0 Å². The summed E-state index contributed by atoms with van der Waals surface area (Å²) in [5.41, 5.74) is -4.91. The van der Waals surface area contributed by atoms with Crippen molar-refractivity contribution in [1.82, 2.24) is 0 Å². The lowest BCUT2D eigenvalue weighted by Gasteiger charge is -2.33. The maximum Gasteiger partial charge on any atom is 0.577 e. The minimum absolute atomic E-state index is 0.663. The molecule has 0 aliphatic heterocycles. The highest BCUT2D eigenvalue weighted by atomic mass is 28.4. The lowest BCUT2D eigenvalue weighted by molar-refractivity contribution is -0.236. The van der Waals surface area contributed by atoms with Gasteiger partial charge in [-0.3, -0.25) is 0 Å². The van der Waals surface area contributed by atoms with Gasteiger partial charge in [0.1, 0.15) is 0 Å². The van der Waals surface area contributed by atoms with E-state index in [1.807, 2.05) is 0 Å². The zero-order valence-electron chi connectivity index (χ0n) is 8.57. The Hall–Kier alpha value is -0.323. The van der Waals surface area contributed by atoms with E-state index in [4.69, 9.17) is 0 Å². The van der Waals surface area contributed by atoms with Crippen LogP contribution in [0.5, 0.6) is 0 Å². The molecular formula is C6H10F6O3Si. The first-order valence-electron chi connectivity index (χ1n) is 3.83. The van der Waals surface area contributed by atoms with Crippen molar-refractivity contribution >= 4 is 8.80 Å². The van der Waals surface area contributed by atoms with E-state index in [0.29, 0.717) is 21.3 Å². The highest BCUT2D eigenvalue weighted by Gasteiger charge is 2.74. The summed E-state index contributed by atoms with van der Waals surface area (Å²) in [4.78, 5) is 0. The zero-order valence-corrected chi connectivity index (χ0v) is 9.57. The van der Waals surface area contributed by atoms with E-state index in [1.54, 1.807) is 0 Å². The van der Waals surface area contributed by atoms with Gasteiger partial charge in [-0.15, -0.1) is 0 Å².